The zero-order chi connectivity index (χ0) is 13.9. The normalized spacial score (nSPS) is 16.4. The monoisotopic (exact) mass is 286 g/mol. The molecule has 1 saturated heterocycles. The molecule has 2 aromatic rings. The summed E-state index contributed by atoms with van der Waals surface area (Å²) in [4.78, 5) is 18.7. The fraction of sp³-hybridized carbons (Fsp3) is 0.375. The van der Waals surface area contributed by atoms with E-state index >= 15 is 0 Å². The van der Waals surface area contributed by atoms with Crippen molar-refractivity contribution in [2.24, 2.45) is 5.92 Å². The minimum Gasteiger partial charge on any atom is -0.339 e. The Labute approximate surface area is 123 Å². The maximum atomic E-state index is 12.4. The Morgan fingerprint density at radius 3 is 2.70 bits per heavy atom. The number of likely N-dealkylation sites (tertiary alicyclic amines) is 1. The van der Waals surface area contributed by atoms with Gasteiger partial charge >= 0.3 is 0 Å². The molecule has 0 atom stereocenters. The lowest BCUT2D eigenvalue weighted by Crippen LogP contribution is -2.37. The third-order valence-electron chi connectivity index (χ3n) is 3.90. The van der Waals surface area contributed by atoms with E-state index in [1.54, 1.807) is 17.5 Å². The molecule has 3 nitrogen and oxygen atoms in total. The smallest absolute Gasteiger partial charge is 0.255 e. The molecule has 0 spiro atoms. The summed E-state index contributed by atoms with van der Waals surface area (Å²) in [6.45, 7) is 3.98. The highest BCUT2D eigenvalue weighted by molar-refractivity contribution is 7.08. The Bertz CT molecular complexity index is 569. The van der Waals surface area contributed by atoms with Crippen LogP contribution in [0, 0.1) is 5.92 Å². The third kappa shape index (κ3) is 2.75. The van der Waals surface area contributed by atoms with Gasteiger partial charge in [0.05, 0.1) is 11.3 Å². The molecule has 1 amide bonds. The van der Waals surface area contributed by atoms with Crippen LogP contribution in [0.25, 0.3) is 11.3 Å². The van der Waals surface area contributed by atoms with E-state index in [2.05, 4.69) is 17.3 Å². The highest BCUT2D eigenvalue weighted by atomic mass is 32.1. The molecule has 0 aliphatic carbocycles. The first kappa shape index (κ1) is 13.3. The molecule has 0 saturated carbocycles. The van der Waals surface area contributed by atoms with Crippen molar-refractivity contribution in [2.45, 2.75) is 19.8 Å². The first-order chi connectivity index (χ1) is 9.74. The Morgan fingerprint density at radius 2 is 2.10 bits per heavy atom. The van der Waals surface area contributed by atoms with Crippen LogP contribution in [0.15, 0.2) is 35.2 Å². The summed E-state index contributed by atoms with van der Waals surface area (Å²) in [6, 6.07) is 5.86. The van der Waals surface area contributed by atoms with E-state index < -0.39 is 0 Å². The first-order valence-corrected chi connectivity index (χ1v) is 7.96. The summed E-state index contributed by atoms with van der Waals surface area (Å²) in [6.07, 6.45) is 3.91. The highest BCUT2D eigenvalue weighted by Crippen LogP contribution is 2.21. The Balaban J connectivity index is 1.73. The van der Waals surface area contributed by atoms with E-state index in [0.717, 1.165) is 43.1 Å². The number of hydrogen-bond acceptors (Lipinski definition) is 3. The number of aromatic nitrogens is 1. The van der Waals surface area contributed by atoms with Gasteiger partial charge in [-0.05, 0) is 42.3 Å². The number of piperidine rings is 1. The quantitative estimate of drug-likeness (QED) is 0.843. The van der Waals surface area contributed by atoms with Crippen LogP contribution in [0.5, 0.6) is 0 Å². The van der Waals surface area contributed by atoms with Crippen LogP contribution in [0.4, 0.5) is 0 Å². The van der Waals surface area contributed by atoms with E-state index in [4.69, 9.17) is 0 Å². The van der Waals surface area contributed by atoms with Gasteiger partial charge in [0, 0.05) is 30.2 Å². The van der Waals surface area contributed by atoms with Crippen molar-refractivity contribution in [3.63, 3.8) is 0 Å². The topological polar surface area (TPSA) is 33.2 Å². The number of nitrogens with zero attached hydrogens (tertiary/aromatic N) is 2. The molecule has 20 heavy (non-hydrogen) atoms. The van der Waals surface area contributed by atoms with Crippen molar-refractivity contribution >= 4 is 17.2 Å². The predicted octanol–water partition coefficient (Wildman–Crippen LogP) is 3.68. The lowest BCUT2D eigenvalue weighted by molar-refractivity contribution is 0.0697. The van der Waals surface area contributed by atoms with Crippen molar-refractivity contribution in [1.82, 2.24) is 9.88 Å². The average Bonchev–Trinajstić information content (AvgIpc) is 3.02. The van der Waals surface area contributed by atoms with Crippen LogP contribution in [0.1, 0.15) is 30.1 Å². The molecule has 104 valence electrons. The second-order valence-corrected chi connectivity index (χ2v) is 6.20. The van der Waals surface area contributed by atoms with Crippen LogP contribution in [0.3, 0.4) is 0 Å². The third-order valence-corrected chi connectivity index (χ3v) is 4.58. The number of pyridine rings is 1. The van der Waals surface area contributed by atoms with Gasteiger partial charge in [-0.2, -0.15) is 11.3 Å². The lowest BCUT2D eigenvalue weighted by Gasteiger charge is -2.30. The van der Waals surface area contributed by atoms with Gasteiger partial charge in [0.15, 0.2) is 0 Å². The van der Waals surface area contributed by atoms with Crippen molar-refractivity contribution < 1.29 is 4.79 Å². The van der Waals surface area contributed by atoms with Crippen LogP contribution in [-0.2, 0) is 0 Å². The van der Waals surface area contributed by atoms with Crippen molar-refractivity contribution in [2.75, 3.05) is 13.1 Å². The number of rotatable bonds is 2. The number of amides is 1. The van der Waals surface area contributed by atoms with E-state index in [1.807, 2.05) is 28.5 Å². The lowest BCUT2D eigenvalue weighted by atomic mass is 9.99. The first-order valence-electron chi connectivity index (χ1n) is 7.02. The Hall–Kier alpha value is -1.68. The SMILES string of the molecule is CC1CCN(C(=O)c2ccc(-c3ccsc3)nc2)CC1. The molecular weight excluding hydrogens is 268 g/mol. The Morgan fingerprint density at radius 1 is 1.30 bits per heavy atom. The molecule has 1 aliphatic heterocycles. The number of hydrogen-bond donors (Lipinski definition) is 0. The van der Waals surface area contributed by atoms with Gasteiger partial charge in [-0.25, -0.2) is 0 Å². The largest absolute Gasteiger partial charge is 0.339 e. The summed E-state index contributed by atoms with van der Waals surface area (Å²) in [5.74, 6) is 0.847. The molecule has 0 N–H and O–H groups in total. The number of carbonyl (C=O) groups excluding carboxylic acids is 1. The zero-order valence-corrected chi connectivity index (χ0v) is 12.4. The average molecular weight is 286 g/mol. The molecule has 0 unspecified atom stereocenters. The van der Waals surface area contributed by atoms with Crippen LogP contribution in [-0.4, -0.2) is 28.9 Å². The molecule has 1 fully saturated rings. The molecule has 0 bridgehead atoms. The van der Waals surface area contributed by atoms with Gasteiger partial charge < -0.3 is 4.90 Å². The molecular formula is C16H18N2OS. The molecule has 3 heterocycles. The summed E-state index contributed by atoms with van der Waals surface area (Å²) in [5, 5.41) is 4.10. The Kier molecular flexibility index (Phi) is 3.83. The molecule has 2 aromatic heterocycles. The van der Waals surface area contributed by atoms with Gasteiger partial charge in [0.25, 0.3) is 5.91 Å². The minimum atomic E-state index is 0.112. The minimum absolute atomic E-state index is 0.112. The predicted molar refractivity (Wildman–Crippen MR) is 81.9 cm³/mol. The molecule has 1 aliphatic rings. The van der Waals surface area contributed by atoms with Crippen molar-refractivity contribution in [1.29, 1.82) is 0 Å². The van der Waals surface area contributed by atoms with Crippen LogP contribution >= 0.6 is 11.3 Å². The molecule has 3 rings (SSSR count). The molecule has 0 aromatic carbocycles. The van der Waals surface area contributed by atoms with Crippen molar-refractivity contribution in [3.05, 3.63) is 40.7 Å². The van der Waals surface area contributed by atoms with Gasteiger partial charge in [-0.1, -0.05) is 6.92 Å². The van der Waals surface area contributed by atoms with E-state index in [9.17, 15) is 4.79 Å². The maximum absolute atomic E-state index is 12.4. The van der Waals surface area contributed by atoms with E-state index in [1.165, 1.54) is 0 Å². The zero-order valence-electron chi connectivity index (χ0n) is 11.6. The van der Waals surface area contributed by atoms with Gasteiger partial charge in [0.1, 0.15) is 0 Å². The second kappa shape index (κ2) is 5.75. The standard InChI is InChI=1S/C16H18N2OS/c1-12-4-7-18(8-5-12)16(19)13-2-3-15(17-10-13)14-6-9-20-11-14/h2-3,6,9-12H,4-5,7-8H2,1H3. The fourth-order valence-corrected chi connectivity index (χ4v) is 3.15. The summed E-state index contributed by atoms with van der Waals surface area (Å²) < 4.78 is 0. The van der Waals surface area contributed by atoms with E-state index in [0.29, 0.717) is 5.56 Å². The summed E-state index contributed by atoms with van der Waals surface area (Å²) >= 11 is 1.65. The van der Waals surface area contributed by atoms with Crippen LogP contribution < -0.4 is 0 Å². The second-order valence-electron chi connectivity index (χ2n) is 5.42. The van der Waals surface area contributed by atoms with Crippen molar-refractivity contribution in [3.8, 4) is 11.3 Å². The summed E-state index contributed by atoms with van der Waals surface area (Å²) in [5.41, 5.74) is 2.73. The van der Waals surface area contributed by atoms with Gasteiger partial charge in [-0.15, -0.1) is 0 Å². The van der Waals surface area contributed by atoms with Gasteiger partial charge in [-0.3, -0.25) is 9.78 Å². The fourth-order valence-electron chi connectivity index (χ4n) is 2.50. The van der Waals surface area contributed by atoms with Gasteiger partial charge in [0.2, 0.25) is 0 Å². The summed E-state index contributed by atoms with van der Waals surface area (Å²) in [7, 11) is 0. The van der Waals surface area contributed by atoms with Crippen LogP contribution in [0.2, 0.25) is 0 Å². The van der Waals surface area contributed by atoms with E-state index in [-0.39, 0.29) is 5.91 Å². The molecule has 4 heteroatoms. The number of thiophene rings is 1. The maximum Gasteiger partial charge on any atom is 0.255 e. The number of carbonyl (C=O) groups is 1. The molecule has 0 radical (unpaired) electrons. The highest BCUT2D eigenvalue weighted by Gasteiger charge is 2.21.